The van der Waals surface area contributed by atoms with Crippen molar-refractivity contribution in [3.63, 3.8) is 0 Å². The molecule has 10 nitrogen and oxygen atoms in total. The normalized spacial score (nSPS) is 11.9. The quantitative estimate of drug-likeness (QED) is 0.278. The van der Waals surface area contributed by atoms with E-state index >= 15 is 0 Å². The first-order chi connectivity index (χ1) is 15.8. The second-order valence-corrected chi connectivity index (χ2v) is 11.4. The van der Waals surface area contributed by atoms with E-state index in [1.807, 2.05) is 20.8 Å². The lowest BCUT2D eigenvalue weighted by Gasteiger charge is -2.29. The van der Waals surface area contributed by atoms with Gasteiger partial charge >= 0.3 is 18.2 Å². The van der Waals surface area contributed by atoms with Crippen LogP contribution < -0.4 is 5.32 Å². The minimum atomic E-state index is -1.13. The molecule has 204 valence electrons. The minimum Gasteiger partial charge on any atom is -0.480 e. The molecule has 0 unspecified atom stereocenters. The number of carbonyl (C=O) groups is 3. The van der Waals surface area contributed by atoms with Crippen LogP contribution in [0.25, 0.3) is 0 Å². The second-order valence-electron chi connectivity index (χ2n) is 11.4. The number of carboxylic acid groups (broad SMARTS) is 1. The number of ether oxygens (including phenoxy) is 3. The van der Waals surface area contributed by atoms with Crippen LogP contribution in [0.1, 0.15) is 81.6 Å². The summed E-state index contributed by atoms with van der Waals surface area (Å²) in [6.07, 6.45) is 0.704. The highest BCUT2D eigenvalue weighted by Gasteiger charge is 2.25. The van der Waals surface area contributed by atoms with Gasteiger partial charge in [-0.25, -0.2) is 9.59 Å². The minimum absolute atomic E-state index is 0.131. The van der Waals surface area contributed by atoms with Gasteiger partial charge in [-0.2, -0.15) is 0 Å². The average molecular weight is 502 g/mol. The van der Waals surface area contributed by atoms with Gasteiger partial charge in [-0.15, -0.1) is 0 Å². The third-order valence-corrected chi connectivity index (χ3v) is 4.09. The molecule has 0 spiro atoms. The Morgan fingerprint density at radius 1 is 0.714 bits per heavy atom. The lowest BCUT2D eigenvalue weighted by atomic mass is 10.2. The van der Waals surface area contributed by atoms with Gasteiger partial charge in [0.05, 0.1) is 0 Å². The lowest BCUT2D eigenvalue weighted by Crippen LogP contribution is -2.42. The van der Waals surface area contributed by atoms with Gasteiger partial charge in [-0.1, -0.05) is 0 Å². The third kappa shape index (κ3) is 18.4. The van der Waals surface area contributed by atoms with E-state index in [0.29, 0.717) is 38.4 Å². The monoisotopic (exact) mass is 501 g/mol. The Kier molecular flexibility index (Phi) is 13.0. The third-order valence-electron chi connectivity index (χ3n) is 4.09. The molecule has 10 heteroatoms. The largest absolute Gasteiger partial charge is 0.480 e. The van der Waals surface area contributed by atoms with Crippen molar-refractivity contribution >= 4 is 18.2 Å². The maximum Gasteiger partial charge on any atom is 0.410 e. The van der Waals surface area contributed by atoms with Crippen LogP contribution in [0.15, 0.2) is 12.5 Å². The highest BCUT2D eigenvalue weighted by atomic mass is 16.6. The van der Waals surface area contributed by atoms with Crippen LogP contribution in [0.3, 0.4) is 0 Å². The molecule has 0 aliphatic heterocycles. The molecule has 0 saturated heterocycles. The van der Waals surface area contributed by atoms with Crippen molar-refractivity contribution in [3.8, 4) is 0 Å². The molecule has 35 heavy (non-hydrogen) atoms. The maximum absolute atomic E-state index is 12.7. The fourth-order valence-corrected chi connectivity index (χ4v) is 2.86. The first kappa shape index (κ1) is 32.4. The zero-order valence-electron chi connectivity index (χ0n) is 23.2. The molecular weight excluding hydrogens is 454 g/mol. The molecule has 0 bridgehead atoms. The molecular formula is C25H47N3O7. The van der Waals surface area contributed by atoms with Gasteiger partial charge in [0.2, 0.25) is 0 Å². The van der Waals surface area contributed by atoms with Crippen LogP contribution >= 0.6 is 0 Å². The SMILES string of the molecule is C=C(NCCCCN(CCCN(CC(=O)O)C(=O)OC(C)(C)C)C(=O)OC(C)(C)C)OC(C)(C)C. The molecule has 0 saturated carbocycles. The Labute approximate surface area is 210 Å². The molecule has 0 fully saturated rings. The molecule has 0 radical (unpaired) electrons. The van der Waals surface area contributed by atoms with Gasteiger partial charge in [0.25, 0.3) is 0 Å². The number of hydrogen-bond acceptors (Lipinski definition) is 7. The summed E-state index contributed by atoms with van der Waals surface area (Å²) in [6.45, 7) is 21.3. The summed E-state index contributed by atoms with van der Waals surface area (Å²) in [6, 6.07) is 0. The summed E-state index contributed by atoms with van der Waals surface area (Å²) in [5, 5.41) is 12.3. The molecule has 0 aromatic carbocycles. The van der Waals surface area contributed by atoms with Crippen molar-refractivity contribution in [2.75, 3.05) is 32.7 Å². The number of nitrogens with one attached hydrogen (secondary N) is 1. The van der Waals surface area contributed by atoms with E-state index in [9.17, 15) is 14.4 Å². The Morgan fingerprint density at radius 2 is 1.14 bits per heavy atom. The van der Waals surface area contributed by atoms with E-state index in [2.05, 4.69) is 11.9 Å². The van der Waals surface area contributed by atoms with Gasteiger partial charge in [0.1, 0.15) is 23.3 Å². The zero-order chi connectivity index (χ0) is 27.4. The summed E-state index contributed by atoms with van der Waals surface area (Å²) >= 11 is 0. The highest BCUT2D eigenvalue weighted by molar-refractivity contribution is 5.76. The topological polar surface area (TPSA) is 118 Å². The Morgan fingerprint density at radius 3 is 1.60 bits per heavy atom. The summed E-state index contributed by atoms with van der Waals surface area (Å²) in [5.41, 5.74) is -1.72. The standard InChI is InChI=1S/C25H47N3O7/c1-19(33-23(2,3)4)26-14-11-12-15-27(21(31)34-24(5,6)7)16-13-17-28(18-20(29)30)22(32)35-25(8,9)10/h26H,1,11-18H2,2-10H3,(H,29,30). The number of unbranched alkanes of at least 4 members (excludes halogenated alkanes) is 1. The van der Waals surface area contributed by atoms with Crippen molar-refractivity contribution in [2.24, 2.45) is 0 Å². The van der Waals surface area contributed by atoms with Crippen LogP contribution in [-0.2, 0) is 19.0 Å². The molecule has 2 amide bonds. The molecule has 0 aliphatic rings. The van der Waals surface area contributed by atoms with Crippen LogP contribution in [0.2, 0.25) is 0 Å². The van der Waals surface area contributed by atoms with E-state index in [1.54, 1.807) is 46.4 Å². The number of amides is 2. The molecule has 0 aromatic rings. The van der Waals surface area contributed by atoms with Crippen molar-refractivity contribution in [1.29, 1.82) is 0 Å². The number of aliphatic carboxylic acids is 1. The molecule has 0 rings (SSSR count). The van der Waals surface area contributed by atoms with E-state index in [1.165, 1.54) is 0 Å². The summed E-state index contributed by atoms with van der Waals surface area (Å²) in [5.74, 6) is -0.633. The summed E-state index contributed by atoms with van der Waals surface area (Å²) in [7, 11) is 0. The van der Waals surface area contributed by atoms with Gasteiger partial charge < -0.3 is 29.5 Å². The first-order valence-corrected chi connectivity index (χ1v) is 12.1. The number of rotatable bonds is 13. The van der Waals surface area contributed by atoms with E-state index < -0.39 is 35.9 Å². The molecule has 0 heterocycles. The predicted molar refractivity (Wildman–Crippen MR) is 135 cm³/mol. The van der Waals surface area contributed by atoms with Gasteiger partial charge in [0.15, 0.2) is 5.88 Å². The molecule has 2 N–H and O–H groups in total. The van der Waals surface area contributed by atoms with Gasteiger partial charge in [0, 0.05) is 26.2 Å². The first-order valence-electron chi connectivity index (χ1n) is 12.1. The number of carbonyl (C=O) groups excluding carboxylic acids is 2. The Balaban J connectivity index is 4.91. The van der Waals surface area contributed by atoms with Crippen LogP contribution in [0.4, 0.5) is 9.59 Å². The summed E-state index contributed by atoms with van der Waals surface area (Å²) < 4.78 is 16.5. The number of hydrogen-bond donors (Lipinski definition) is 2. The highest BCUT2D eigenvalue weighted by Crippen LogP contribution is 2.14. The van der Waals surface area contributed by atoms with E-state index in [0.717, 1.165) is 11.3 Å². The van der Waals surface area contributed by atoms with Crippen LogP contribution in [-0.4, -0.2) is 82.6 Å². The smallest absolute Gasteiger partial charge is 0.410 e. The summed E-state index contributed by atoms with van der Waals surface area (Å²) in [4.78, 5) is 39.0. The molecule has 0 atom stereocenters. The van der Waals surface area contributed by atoms with Gasteiger partial charge in [-0.05, 0) is 88.2 Å². The lowest BCUT2D eigenvalue weighted by molar-refractivity contribution is -0.138. The Bertz CT molecular complexity index is 703. The van der Waals surface area contributed by atoms with Crippen LogP contribution in [0, 0.1) is 0 Å². The number of carboxylic acids is 1. The fourth-order valence-electron chi connectivity index (χ4n) is 2.86. The average Bonchev–Trinajstić information content (AvgIpc) is 2.60. The second kappa shape index (κ2) is 14.0. The van der Waals surface area contributed by atoms with Gasteiger partial charge in [-0.3, -0.25) is 9.69 Å². The molecule has 0 aliphatic carbocycles. The van der Waals surface area contributed by atoms with E-state index in [-0.39, 0.29) is 12.1 Å². The van der Waals surface area contributed by atoms with Crippen molar-refractivity contribution in [3.05, 3.63) is 12.5 Å². The zero-order valence-corrected chi connectivity index (χ0v) is 23.2. The van der Waals surface area contributed by atoms with Crippen molar-refractivity contribution in [1.82, 2.24) is 15.1 Å². The van der Waals surface area contributed by atoms with Crippen LogP contribution in [0.5, 0.6) is 0 Å². The predicted octanol–water partition coefficient (Wildman–Crippen LogP) is 4.59. The number of nitrogens with zero attached hydrogens (tertiary/aromatic N) is 2. The fraction of sp³-hybridized carbons (Fsp3) is 0.800. The van der Waals surface area contributed by atoms with Crippen molar-refractivity contribution in [2.45, 2.75) is 98.4 Å². The molecule has 0 aromatic heterocycles. The van der Waals surface area contributed by atoms with Crippen molar-refractivity contribution < 1.29 is 33.7 Å². The van der Waals surface area contributed by atoms with E-state index in [4.69, 9.17) is 19.3 Å². The Hall–Kier alpha value is -2.65. The maximum atomic E-state index is 12.7.